The molecule has 0 spiro atoms. The summed E-state index contributed by atoms with van der Waals surface area (Å²) in [4.78, 5) is 6.17. The Bertz CT molecular complexity index is 802. The largest absolute Gasteiger partial charge is 0.394 e. The Morgan fingerprint density at radius 2 is 2.15 bits per heavy atom. The van der Waals surface area contributed by atoms with Crippen LogP contribution in [0.3, 0.4) is 0 Å². The van der Waals surface area contributed by atoms with Crippen molar-refractivity contribution in [2.45, 2.75) is 63.8 Å². The Hall–Kier alpha value is -1.40. The minimum atomic E-state index is -0.0471. The molecule has 2 aliphatic rings. The molecule has 2 aromatic rings. The Morgan fingerprint density at radius 3 is 2.93 bits per heavy atom. The fourth-order valence-electron chi connectivity index (χ4n) is 5.21. The number of fused-ring (bicyclic) bond motifs is 2. The number of aromatic nitrogens is 1. The van der Waals surface area contributed by atoms with Crippen LogP contribution in [-0.2, 0) is 16.0 Å². The van der Waals surface area contributed by atoms with Crippen molar-refractivity contribution in [2.75, 3.05) is 26.9 Å². The second kappa shape index (κ2) is 7.55. The molecule has 2 fully saturated rings. The van der Waals surface area contributed by atoms with E-state index in [-0.39, 0.29) is 18.3 Å². The topological polar surface area (TPSA) is 57.7 Å². The van der Waals surface area contributed by atoms with Gasteiger partial charge >= 0.3 is 0 Å². The minimum absolute atomic E-state index is 0.0471. The van der Waals surface area contributed by atoms with Gasteiger partial charge in [-0.25, -0.2) is 0 Å². The van der Waals surface area contributed by atoms with Crippen LogP contribution in [0.4, 0.5) is 0 Å². The molecule has 1 aliphatic carbocycles. The Labute approximate surface area is 161 Å². The molecule has 27 heavy (non-hydrogen) atoms. The molecule has 0 radical (unpaired) electrons. The van der Waals surface area contributed by atoms with Crippen molar-refractivity contribution in [3.05, 3.63) is 35.0 Å². The lowest BCUT2D eigenvalue weighted by Gasteiger charge is -2.43. The van der Waals surface area contributed by atoms with Crippen LogP contribution in [-0.4, -0.2) is 59.6 Å². The predicted octanol–water partition coefficient (Wildman–Crippen LogP) is 3.31. The highest BCUT2D eigenvalue weighted by Crippen LogP contribution is 2.44. The lowest BCUT2D eigenvalue weighted by molar-refractivity contribution is -0.104. The van der Waals surface area contributed by atoms with E-state index in [0.717, 1.165) is 38.8 Å². The number of para-hydroxylation sites is 1. The third kappa shape index (κ3) is 3.31. The zero-order valence-corrected chi connectivity index (χ0v) is 16.8. The third-order valence-electron chi connectivity index (χ3n) is 6.90. The number of hydrogen-bond acceptors (Lipinski definition) is 4. The third-order valence-corrected chi connectivity index (χ3v) is 6.90. The van der Waals surface area contributed by atoms with Gasteiger partial charge in [0.1, 0.15) is 0 Å². The molecular weight excluding hydrogens is 340 g/mol. The summed E-state index contributed by atoms with van der Waals surface area (Å²) in [6.45, 7) is 6.84. The molecule has 1 saturated carbocycles. The number of aliphatic hydroxyl groups excluding tert-OH is 1. The molecule has 2 N–H and O–H groups in total. The Kier molecular flexibility index (Phi) is 5.30. The summed E-state index contributed by atoms with van der Waals surface area (Å²) in [5.41, 5.74) is 5.17. The van der Waals surface area contributed by atoms with Gasteiger partial charge in [0, 0.05) is 37.3 Å². The van der Waals surface area contributed by atoms with Crippen molar-refractivity contribution in [3.63, 3.8) is 0 Å². The normalized spacial score (nSPS) is 28.7. The average molecular weight is 373 g/mol. The maximum atomic E-state index is 9.09. The molecule has 2 heterocycles. The van der Waals surface area contributed by atoms with Crippen molar-refractivity contribution in [1.29, 1.82) is 0 Å². The lowest BCUT2D eigenvalue weighted by Crippen LogP contribution is -2.51. The molecule has 1 saturated heterocycles. The smallest absolute Gasteiger partial charge is 0.0847 e. The summed E-state index contributed by atoms with van der Waals surface area (Å²) in [5, 5.41) is 10.4. The number of nitrogens with one attached hydrogen (secondary N) is 1. The van der Waals surface area contributed by atoms with Crippen molar-refractivity contribution >= 4 is 10.9 Å². The second-order valence-electron chi connectivity index (χ2n) is 8.21. The first kappa shape index (κ1) is 18.9. The van der Waals surface area contributed by atoms with E-state index in [1.165, 1.54) is 27.7 Å². The Morgan fingerprint density at radius 1 is 1.30 bits per heavy atom. The molecule has 0 bridgehead atoms. The van der Waals surface area contributed by atoms with E-state index in [4.69, 9.17) is 14.6 Å². The monoisotopic (exact) mass is 372 g/mol. The van der Waals surface area contributed by atoms with Crippen LogP contribution in [0.15, 0.2) is 18.2 Å². The number of methoxy groups -OCH3 is 1. The fraction of sp³-hybridized carbons (Fsp3) is 0.636. The molecule has 1 aliphatic heterocycles. The van der Waals surface area contributed by atoms with E-state index in [1.54, 1.807) is 0 Å². The molecule has 0 amide bonds. The highest BCUT2D eigenvalue weighted by molar-refractivity contribution is 5.87. The van der Waals surface area contributed by atoms with Gasteiger partial charge in [-0.05, 0) is 50.7 Å². The van der Waals surface area contributed by atoms with Crippen LogP contribution in [0, 0.1) is 13.8 Å². The van der Waals surface area contributed by atoms with Crippen LogP contribution < -0.4 is 0 Å². The van der Waals surface area contributed by atoms with Gasteiger partial charge in [0.2, 0.25) is 0 Å². The number of H-pyrrole nitrogens is 1. The van der Waals surface area contributed by atoms with Crippen molar-refractivity contribution < 1.29 is 14.6 Å². The predicted molar refractivity (Wildman–Crippen MR) is 107 cm³/mol. The van der Waals surface area contributed by atoms with E-state index < -0.39 is 0 Å². The van der Waals surface area contributed by atoms with Gasteiger partial charge in [-0.3, -0.25) is 4.90 Å². The van der Waals surface area contributed by atoms with E-state index >= 15 is 0 Å². The van der Waals surface area contributed by atoms with Gasteiger partial charge in [-0.2, -0.15) is 0 Å². The lowest BCUT2D eigenvalue weighted by atomic mass is 9.79. The standard InChI is InChI=1S/C22H32N2O3/c1-15-16(2)23-21-17(5-4-6-19(15)21)14-24-10-9-22(26-3)8-7-18(13-20(22)24)27-12-11-25/h4-6,18,20,23,25H,7-14H2,1-3H3/t18-,20-,22+/m0/s1. The molecule has 0 unspecified atom stereocenters. The van der Waals surface area contributed by atoms with Gasteiger partial charge < -0.3 is 19.6 Å². The van der Waals surface area contributed by atoms with E-state index in [0.29, 0.717) is 12.6 Å². The highest BCUT2D eigenvalue weighted by Gasteiger charge is 2.51. The highest BCUT2D eigenvalue weighted by atomic mass is 16.5. The number of aromatic amines is 1. The number of rotatable bonds is 6. The molecule has 5 heteroatoms. The fourth-order valence-corrected chi connectivity index (χ4v) is 5.21. The Balaban J connectivity index is 1.58. The molecule has 3 atom stereocenters. The number of hydrogen-bond donors (Lipinski definition) is 2. The SMILES string of the molecule is CO[C@@]12CC[C@H](OCCO)C[C@@H]1N(Cc1cccc3c(C)c(C)[nH]c13)CC2. The molecule has 4 rings (SSSR count). The van der Waals surface area contributed by atoms with Gasteiger partial charge in [-0.15, -0.1) is 0 Å². The minimum Gasteiger partial charge on any atom is -0.394 e. The molecule has 5 nitrogen and oxygen atoms in total. The van der Waals surface area contributed by atoms with Crippen LogP contribution >= 0.6 is 0 Å². The summed E-state index contributed by atoms with van der Waals surface area (Å²) in [6.07, 6.45) is 4.33. The summed E-state index contributed by atoms with van der Waals surface area (Å²) in [5.74, 6) is 0. The van der Waals surface area contributed by atoms with Crippen LogP contribution in [0.25, 0.3) is 10.9 Å². The summed E-state index contributed by atoms with van der Waals surface area (Å²) < 4.78 is 12.0. The zero-order chi connectivity index (χ0) is 19.0. The van der Waals surface area contributed by atoms with Crippen LogP contribution in [0.2, 0.25) is 0 Å². The number of nitrogens with zero attached hydrogens (tertiary/aromatic N) is 1. The van der Waals surface area contributed by atoms with Gasteiger partial charge in [0.25, 0.3) is 0 Å². The number of benzene rings is 1. The first-order chi connectivity index (χ1) is 13.1. The number of ether oxygens (including phenoxy) is 2. The first-order valence-electron chi connectivity index (χ1n) is 10.2. The second-order valence-corrected chi connectivity index (χ2v) is 8.21. The summed E-state index contributed by atoms with van der Waals surface area (Å²) >= 11 is 0. The number of aliphatic hydroxyl groups is 1. The van der Waals surface area contributed by atoms with Crippen LogP contribution in [0.5, 0.6) is 0 Å². The average Bonchev–Trinajstić information content (AvgIpc) is 3.19. The number of likely N-dealkylation sites (tertiary alicyclic amines) is 1. The molecule has 148 valence electrons. The summed E-state index contributed by atoms with van der Waals surface area (Å²) in [7, 11) is 1.86. The van der Waals surface area contributed by atoms with Gasteiger partial charge in [-0.1, -0.05) is 18.2 Å². The quantitative estimate of drug-likeness (QED) is 0.817. The van der Waals surface area contributed by atoms with E-state index in [2.05, 4.69) is 41.9 Å². The van der Waals surface area contributed by atoms with Crippen LogP contribution in [0.1, 0.15) is 42.5 Å². The molecule has 1 aromatic heterocycles. The zero-order valence-electron chi connectivity index (χ0n) is 16.8. The van der Waals surface area contributed by atoms with Crippen molar-refractivity contribution in [1.82, 2.24) is 9.88 Å². The summed E-state index contributed by atoms with van der Waals surface area (Å²) in [6, 6.07) is 6.99. The molecular formula is C22H32N2O3. The van der Waals surface area contributed by atoms with E-state index in [9.17, 15) is 0 Å². The molecule has 1 aromatic carbocycles. The number of aryl methyl sites for hydroxylation is 2. The van der Waals surface area contributed by atoms with Gasteiger partial charge in [0.05, 0.1) is 30.4 Å². The van der Waals surface area contributed by atoms with Gasteiger partial charge in [0.15, 0.2) is 0 Å². The maximum Gasteiger partial charge on any atom is 0.0847 e. The maximum absolute atomic E-state index is 9.09. The van der Waals surface area contributed by atoms with Crippen molar-refractivity contribution in [3.8, 4) is 0 Å². The van der Waals surface area contributed by atoms with E-state index in [1.807, 2.05) is 7.11 Å². The first-order valence-corrected chi connectivity index (χ1v) is 10.2. The van der Waals surface area contributed by atoms with Crippen molar-refractivity contribution in [2.24, 2.45) is 0 Å².